The quantitative estimate of drug-likeness (QED) is 0.363. The fraction of sp³-hybridized carbons (Fsp3) is 0.160. The first-order valence-electron chi connectivity index (χ1n) is 10.3. The zero-order chi connectivity index (χ0) is 22.2. The molecule has 0 fully saturated rings. The van der Waals surface area contributed by atoms with Gasteiger partial charge < -0.3 is 9.84 Å². The summed E-state index contributed by atoms with van der Waals surface area (Å²) >= 11 is 7.40. The van der Waals surface area contributed by atoms with Gasteiger partial charge in [-0.15, -0.1) is 11.3 Å². The maximum Gasteiger partial charge on any atom is 0.258 e. The molecule has 0 bridgehead atoms. The number of aryl methyl sites for hydroxylation is 2. The third-order valence-corrected chi connectivity index (χ3v) is 6.93. The van der Waals surface area contributed by atoms with Gasteiger partial charge in [0.25, 0.3) is 5.89 Å². The third kappa shape index (κ3) is 3.63. The minimum atomic E-state index is -0.196. The first kappa shape index (κ1) is 20.6. The lowest BCUT2D eigenvalue weighted by molar-refractivity contribution is 0.404. The molecule has 5 nitrogen and oxygen atoms in total. The molecular weight excluding hydrogens is 436 g/mol. The maximum atomic E-state index is 5.81. The Kier molecular flexibility index (Phi) is 5.36. The van der Waals surface area contributed by atoms with E-state index in [9.17, 15) is 0 Å². The molecule has 0 amide bonds. The Labute approximate surface area is 196 Å². The van der Waals surface area contributed by atoms with Crippen molar-refractivity contribution < 1.29 is 4.52 Å². The van der Waals surface area contributed by atoms with Gasteiger partial charge in [0.05, 0.1) is 16.5 Å². The van der Waals surface area contributed by atoms with E-state index in [1.807, 2.05) is 52.7 Å². The standard InChI is InChI=1S/C25H22N4OS2/c1-15-11-12-18(14-16(15)2)22-21(24-27-23(28-30-24)20-10-7-13-32-20)17(3)29(25(31)26-22)19-8-5-4-6-9-19/h4-14,22H,1-3H3,(H,26,31). The van der Waals surface area contributed by atoms with Gasteiger partial charge in [0.1, 0.15) is 0 Å². The van der Waals surface area contributed by atoms with Gasteiger partial charge in [0.15, 0.2) is 5.11 Å². The van der Waals surface area contributed by atoms with Gasteiger partial charge in [-0.1, -0.05) is 47.6 Å². The van der Waals surface area contributed by atoms with E-state index in [0.717, 1.165) is 27.4 Å². The minimum Gasteiger partial charge on any atom is -0.351 e. The van der Waals surface area contributed by atoms with Crippen LogP contribution in [0.1, 0.15) is 35.5 Å². The predicted octanol–water partition coefficient (Wildman–Crippen LogP) is 6.28. The second kappa shape index (κ2) is 8.33. The van der Waals surface area contributed by atoms with E-state index in [0.29, 0.717) is 16.8 Å². The number of nitrogens with one attached hydrogen (secondary N) is 1. The summed E-state index contributed by atoms with van der Waals surface area (Å²) in [5, 5.41) is 10.4. The lowest BCUT2D eigenvalue weighted by atomic mass is 9.92. The van der Waals surface area contributed by atoms with Crippen molar-refractivity contribution in [2.45, 2.75) is 26.8 Å². The van der Waals surface area contributed by atoms with E-state index < -0.39 is 0 Å². The number of anilines is 1. The molecule has 32 heavy (non-hydrogen) atoms. The molecule has 2 aromatic carbocycles. The van der Waals surface area contributed by atoms with Crippen molar-refractivity contribution in [3.63, 3.8) is 0 Å². The normalized spacial score (nSPS) is 16.4. The average Bonchev–Trinajstić information content (AvgIpc) is 3.48. The van der Waals surface area contributed by atoms with Gasteiger partial charge in [-0.05, 0) is 73.3 Å². The molecule has 2 aromatic heterocycles. The maximum absolute atomic E-state index is 5.81. The Morgan fingerprint density at radius 3 is 2.53 bits per heavy atom. The molecule has 0 saturated carbocycles. The zero-order valence-electron chi connectivity index (χ0n) is 18.0. The molecule has 1 aliphatic rings. The van der Waals surface area contributed by atoms with Crippen molar-refractivity contribution in [1.29, 1.82) is 0 Å². The van der Waals surface area contributed by atoms with Crippen LogP contribution >= 0.6 is 23.6 Å². The summed E-state index contributed by atoms with van der Waals surface area (Å²) in [6.45, 7) is 6.29. The largest absolute Gasteiger partial charge is 0.351 e. The number of para-hydroxylation sites is 1. The molecule has 160 valence electrons. The molecule has 7 heteroatoms. The van der Waals surface area contributed by atoms with Crippen molar-refractivity contribution in [3.8, 4) is 10.7 Å². The van der Waals surface area contributed by atoms with Crippen molar-refractivity contribution >= 4 is 39.9 Å². The number of rotatable bonds is 4. The van der Waals surface area contributed by atoms with Crippen LogP contribution in [0.15, 0.2) is 76.3 Å². The van der Waals surface area contributed by atoms with Gasteiger partial charge in [-0.2, -0.15) is 4.98 Å². The Hall–Kier alpha value is -3.29. The molecule has 3 heterocycles. The highest BCUT2D eigenvalue weighted by Gasteiger charge is 2.34. The highest BCUT2D eigenvalue weighted by Crippen LogP contribution is 2.39. The number of allylic oxidation sites excluding steroid dienone is 1. The number of thiophene rings is 1. The second-order valence-corrected chi connectivity index (χ2v) is 9.13. The molecule has 5 rings (SSSR count). The Morgan fingerprint density at radius 2 is 1.81 bits per heavy atom. The Balaban J connectivity index is 1.68. The van der Waals surface area contributed by atoms with Gasteiger partial charge in [0, 0.05) is 11.4 Å². The van der Waals surface area contributed by atoms with Crippen LogP contribution in [0.3, 0.4) is 0 Å². The van der Waals surface area contributed by atoms with E-state index in [1.165, 1.54) is 11.1 Å². The molecule has 0 saturated heterocycles. The summed E-state index contributed by atoms with van der Waals surface area (Å²) in [5.74, 6) is 1.08. The van der Waals surface area contributed by atoms with Crippen LogP contribution in [0, 0.1) is 13.8 Å². The zero-order valence-corrected chi connectivity index (χ0v) is 19.6. The van der Waals surface area contributed by atoms with Crippen LogP contribution in [0.25, 0.3) is 16.3 Å². The van der Waals surface area contributed by atoms with Crippen LogP contribution in [0.2, 0.25) is 0 Å². The molecule has 0 radical (unpaired) electrons. The SMILES string of the molecule is CC1=C(c2nc(-c3cccs3)no2)C(c2ccc(C)c(C)c2)NC(=S)N1c1ccccc1. The van der Waals surface area contributed by atoms with Crippen molar-refractivity contribution in [2.75, 3.05) is 4.90 Å². The summed E-state index contributed by atoms with van der Waals surface area (Å²) < 4.78 is 5.80. The minimum absolute atomic E-state index is 0.196. The number of hydrogen-bond donors (Lipinski definition) is 1. The summed E-state index contributed by atoms with van der Waals surface area (Å²) in [5.41, 5.74) is 6.44. The van der Waals surface area contributed by atoms with Crippen LogP contribution in [-0.4, -0.2) is 15.3 Å². The fourth-order valence-corrected chi connectivity index (χ4v) is 4.95. The molecule has 1 atom stereocenters. The van der Waals surface area contributed by atoms with Crippen molar-refractivity contribution in [3.05, 3.63) is 94.3 Å². The summed E-state index contributed by atoms with van der Waals surface area (Å²) in [7, 11) is 0. The molecule has 1 N–H and O–H groups in total. The molecule has 4 aromatic rings. The molecule has 0 aliphatic carbocycles. The van der Waals surface area contributed by atoms with Crippen LogP contribution in [-0.2, 0) is 0 Å². The number of hydrogen-bond acceptors (Lipinski definition) is 5. The lowest BCUT2D eigenvalue weighted by Crippen LogP contribution is -2.46. The fourth-order valence-electron chi connectivity index (χ4n) is 3.94. The van der Waals surface area contributed by atoms with E-state index >= 15 is 0 Å². The highest BCUT2D eigenvalue weighted by atomic mass is 32.1. The molecule has 1 aliphatic heterocycles. The van der Waals surface area contributed by atoms with Gasteiger partial charge in [-0.25, -0.2) is 0 Å². The summed E-state index contributed by atoms with van der Waals surface area (Å²) in [6, 6.07) is 20.3. The van der Waals surface area contributed by atoms with Gasteiger partial charge in [-0.3, -0.25) is 4.90 Å². The van der Waals surface area contributed by atoms with Crippen LogP contribution < -0.4 is 10.2 Å². The van der Waals surface area contributed by atoms with Crippen LogP contribution in [0.5, 0.6) is 0 Å². The highest BCUT2D eigenvalue weighted by molar-refractivity contribution is 7.80. The number of nitrogens with zero attached hydrogens (tertiary/aromatic N) is 3. The first-order chi connectivity index (χ1) is 15.5. The summed E-state index contributed by atoms with van der Waals surface area (Å²) in [4.78, 5) is 7.76. The van der Waals surface area contributed by atoms with E-state index in [-0.39, 0.29) is 6.04 Å². The number of benzene rings is 2. The third-order valence-electron chi connectivity index (χ3n) is 5.76. The Morgan fingerprint density at radius 1 is 1.00 bits per heavy atom. The topological polar surface area (TPSA) is 54.2 Å². The second-order valence-electron chi connectivity index (χ2n) is 7.80. The Bertz CT molecular complexity index is 1310. The van der Waals surface area contributed by atoms with Crippen LogP contribution in [0.4, 0.5) is 5.69 Å². The molecule has 1 unspecified atom stereocenters. The smallest absolute Gasteiger partial charge is 0.258 e. The van der Waals surface area contributed by atoms with E-state index in [2.05, 4.69) is 49.4 Å². The van der Waals surface area contributed by atoms with Crippen molar-refractivity contribution in [2.24, 2.45) is 0 Å². The molecule has 0 spiro atoms. The first-order valence-corrected chi connectivity index (χ1v) is 11.6. The average molecular weight is 459 g/mol. The van der Waals surface area contributed by atoms with Gasteiger partial charge >= 0.3 is 0 Å². The molecular formula is C25H22N4OS2. The van der Waals surface area contributed by atoms with E-state index in [4.69, 9.17) is 21.7 Å². The van der Waals surface area contributed by atoms with Gasteiger partial charge in [0.2, 0.25) is 5.82 Å². The summed E-state index contributed by atoms with van der Waals surface area (Å²) in [6.07, 6.45) is 0. The van der Waals surface area contributed by atoms with Crippen molar-refractivity contribution in [1.82, 2.24) is 15.5 Å². The van der Waals surface area contributed by atoms with E-state index in [1.54, 1.807) is 11.3 Å². The monoisotopic (exact) mass is 458 g/mol. The number of thiocarbonyl (C=S) groups is 1. The predicted molar refractivity (Wildman–Crippen MR) is 134 cm³/mol. The lowest BCUT2D eigenvalue weighted by Gasteiger charge is -2.37. The number of aromatic nitrogens is 2.